The Morgan fingerprint density at radius 2 is 1.84 bits per heavy atom. The SMILES string of the molecule is CN1C(=O)CCC(C(=O)NCc2nc3c([nH]2)c(=O)n(C)c(=O)n3C)C1c1ccc(F)cc1. The highest BCUT2D eigenvalue weighted by Gasteiger charge is 2.38. The molecule has 3 aromatic rings. The molecule has 32 heavy (non-hydrogen) atoms. The summed E-state index contributed by atoms with van der Waals surface area (Å²) in [5.41, 5.74) is 0.0449. The molecule has 1 aliphatic heterocycles. The van der Waals surface area contributed by atoms with Gasteiger partial charge in [-0.05, 0) is 24.1 Å². The first-order valence-corrected chi connectivity index (χ1v) is 10.1. The van der Waals surface area contributed by atoms with Gasteiger partial charge in [0.25, 0.3) is 5.56 Å². The van der Waals surface area contributed by atoms with Crippen molar-refractivity contribution in [1.29, 1.82) is 0 Å². The number of fused-ring (bicyclic) bond motifs is 1. The van der Waals surface area contributed by atoms with E-state index in [4.69, 9.17) is 0 Å². The molecule has 2 unspecified atom stereocenters. The minimum Gasteiger partial charge on any atom is -0.349 e. The summed E-state index contributed by atoms with van der Waals surface area (Å²) in [5.74, 6) is -0.988. The number of carbonyl (C=O) groups excluding carboxylic acids is 2. The number of aromatic amines is 1. The van der Waals surface area contributed by atoms with E-state index in [9.17, 15) is 23.6 Å². The Kier molecular flexibility index (Phi) is 5.41. The number of halogens is 1. The molecule has 168 valence electrons. The zero-order chi connectivity index (χ0) is 23.2. The van der Waals surface area contributed by atoms with Gasteiger partial charge in [0.1, 0.15) is 17.2 Å². The number of carbonyl (C=O) groups is 2. The summed E-state index contributed by atoms with van der Waals surface area (Å²) in [6.45, 7) is 0.00908. The van der Waals surface area contributed by atoms with E-state index >= 15 is 0 Å². The number of nitrogens with zero attached hydrogens (tertiary/aromatic N) is 4. The van der Waals surface area contributed by atoms with Crippen LogP contribution in [0.25, 0.3) is 11.2 Å². The molecular weight excluding hydrogens is 419 g/mol. The van der Waals surface area contributed by atoms with Gasteiger partial charge >= 0.3 is 5.69 Å². The lowest BCUT2D eigenvalue weighted by molar-refractivity contribution is -0.141. The molecule has 4 rings (SSSR count). The maximum Gasteiger partial charge on any atom is 0.332 e. The van der Waals surface area contributed by atoms with Crippen LogP contribution in [0.1, 0.15) is 30.3 Å². The number of aryl methyl sites for hydroxylation is 1. The third kappa shape index (κ3) is 3.59. The van der Waals surface area contributed by atoms with Crippen molar-refractivity contribution in [2.24, 2.45) is 20.0 Å². The van der Waals surface area contributed by atoms with E-state index in [2.05, 4.69) is 15.3 Å². The summed E-state index contributed by atoms with van der Waals surface area (Å²) in [5, 5.41) is 2.80. The number of likely N-dealkylation sites (tertiary alicyclic amines) is 1. The maximum atomic E-state index is 13.4. The van der Waals surface area contributed by atoms with Gasteiger partial charge in [0.05, 0.1) is 18.5 Å². The summed E-state index contributed by atoms with van der Waals surface area (Å²) in [6.07, 6.45) is 0.585. The van der Waals surface area contributed by atoms with Gasteiger partial charge in [0.2, 0.25) is 11.8 Å². The van der Waals surface area contributed by atoms with E-state index in [0.717, 1.165) is 4.57 Å². The highest BCUT2D eigenvalue weighted by molar-refractivity contribution is 5.85. The van der Waals surface area contributed by atoms with Gasteiger partial charge < -0.3 is 15.2 Å². The standard InChI is InChI=1S/C21H23FN6O4/c1-26-15(29)9-8-13(17(26)11-4-6-12(22)7-5-11)19(30)23-10-14-24-16-18(25-14)27(2)21(32)28(3)20(16)31/h4-7,13,17H,8-10H2,1-3H3,(H,23,30)(H,24,25). The first-order chi connectivity index (χ1) is 15.2. The number of nitrogens with one attached hydrogen (secondary N) is 2. The molecule has 0 radical (unpaired) electrons. The van der Waals surface area contributed by atoms with Gasteiger partial charge in [-0.3, -0.25) is 23.5 Å². The summed E-state index contributed by atoms with van der Waals surface area (Å²) in [6, 6.07) is 5.23. The van der Waals surface area contributed by atoms with Gasteiger partial charge in [0.15, 0.2) is 5.65 Å². The monoisotopic (exact) mass is 442 g/mol. The molecule has 1 saturated heterocycles. The fourth-order valence-electron chi connectivity index (χ4n) is 4.19. The first kappa shape index (κ1) is 21.5. The third-order valence-corrected chi connectivity index (χ3v) is 5.98. The molecule has 2 atom stereocenters. The van der Waals surface area contributed by atoms with Crippen molar-refractivity contribution in [3.05, 3.63) is 62.3 Å². The Balaban J connectivity index is 1.57. The predicted octanol–water partition coefficient (Wildman–Crippen LogP) is 0.325. The van der Waals surface area contributed by atoms with E-state index < -0.39 is 29.0 Å². The first-order valence-electron chi connectivity index (χ1n) is 10.1. The number of imidazole rings is 1. The van der Waals surface area contributed by atoms with Crippen molar-refractivity contribution in [3.8, 4) is 0 Å². The number of hydrogen-bond donors (Lipinski definition) is 2. The van der Waals surface area contributed by atoms with Gasteiger partial charge in [-0.15, -0.1) is 0 Å². The topological polar surface area (TPSA) is 122 Å². The summed E-state index contributed by atoms with van der Waals surface area (Å²) >= 11 is 0. The van der Waals surface area contributed by atoms with Crippen LogP contribution >= 0.6 is 0 Å². The molecule has 3 heterocycles. The molecule has 11 heteroatoms. The quantitative estimate of drug-likeness (QED) is 0.603. The Morgan fingerprint density at radius 3 is 2.53 bits per heavy atom. The summed E-state index contributed by atoms with van der Waals surface area (Å²) in [7, 11) is 4.52. The predicted molar refractivity (Wildman–Crippen MR) is 113 cm³/mol. The fraction of sp³-hybridized carbons (Fsp3) is 0.381. The number of benzene rings is 1. The molecule has 2 N–H and O–H groups in total. The van der Waals surface area contributed by atoms with E-state index in [0.29, 0.717) is 17.8 Å². The van der Waals surface area contributed by atoms with Crippen LogP contribution in [0.4, 0.5) is 4.39 Å². The number of piperidine rings is 1. The number of hydrogen-bond acceptors (Lipinski definition) is 5. The zero-order valence-electron chi connectivity index (χ0n) is 17.9. The minimum atomic E-state index is -0.537. The molecule has 1 aliphatic rings. The van der Waals surface area contributed by atoms with Gasteiger partial charge in [0, 0.05) is 27.6 Å². The smallest absolute Gasteiger partial charge is 0.332 e. The van der Waals surface area contributed by atoms with Gasteiger partial charge in [-0.1, -0.05) is 12.1 Å². The van der Waals surface area contributed by atoms with Crippen LogP contribution in [0.5, 0.6) is 0 Å². The number of rotatable bonds is 4. The van der Waals surface area contributed by atoms with Crippen molar-refractivity contribution in [3.63, 3.8) is 0 Å². The van der Waals surface area contributed by atoms with Crippen LogP contribution in [0.15, 0.2) is 33.9 Å². The number of aromatic nitrogens is 4. The lowest BCUT2D eigenvalue weighted by Gasteiger charge is -2.38. The Morgan fingerprint density at radius 1 is 1.16 bits per heavy atom. The van der Waals surface area contributed by atoms with Crippen molar-refractivity contribution in [1.82, 2.24) is 29.3 Å². The second-order valence-corrected chi connectivity index (χ2v) is 7.95. The average Bonchev–Trinajstić information content (AvgIpc) is 3.21. The van der Waals surface area contributed by atoms with Crippen molar-refractivity contribution < 1.29 is 14.0 Å². The van der Waals surface area contributed by atoms with Crippen molar-refractivity contribution in [2.45, 2.75) is 25.4 Å². The van der Waals surface area contributed by atoms with Crippen LogP contribution < -0.4 is 16.6 Å². The van der Waals surface area contributed by atoms with Gasteiger partial charge in [-0.25, -0.2) is 14.2 Å². The molecule has 2 aromatic heterocycles. The Bertz CT molecular complexity index is 1320. The van der Waals surface area contributed by atoms with Crippen LogP contribution in [0, 0.1) is 11.7 Å². The zero-order valence-corrected chi connectivity index (χ0v) is 17.9. The lowest BCUT2D eigenvalue weighted by Crippen LogP contribution is -2.46. The maximum absolute atomic E-state index is 13.4. The fourth-order valence-corrected chi connectivity index (χ4v) is 4.19. The molecule has 0 bridgehead atoms. The summed E-state index contributed by atoms with van der Waals surface area (Å²) < 4.78 is 15.6. The molecule has 1 aromatic carbocycles. The lowest BCUT2D eigenvalue weighted by atomic mass is 9.84. The van der Waals surface area contributed by atoms with E-state index in [-0.39, 0.29) is 35.9 Å². The summed E-state index contributed by atoms with van der Waals surface area (Å²) in [4.78, 5) is 58.4. The average molecular weight is 442 g/mol. The highest BCUT2D eigenvalue weighted by Crippen LogP contribution is 2.36. The van der Waals surface area contributed by atoms with Crippen molar-refractivity contribution >= 4 is 23.0 Å². The largest absolute Gasteiger partial charge is 0.349 e. The number of H-pyrrole nitrogens is 1. The van der Waals surface area contributed by atoms with Crippen LogP contribution in [-0.4, -0.2) is 42.9 Å². The molecule has 0 spiro atoms. The van der Waals surface area contributed by atoms with Crippen LogP contribution in [0.2, 0.25) is 0 Å². The normalized spacial score (nSPS) is 18.9. The second-order valence-electron chi connectivity index (χ2n) is 7.95. The molecule has 2 amide bonds. The third-order valence-electron chi connectivity index (χ3n) is 5.98. The number of amides is 2. The molecule has 1 fully saturated rings. The molecule has 0 aliphatic carbocycles. The second kappa shape index (κ2) is 8.06. The van der Waals surface area contributed by atoms with E-state index in [1.807, 2.05) is 0 Å². The molecular formula is C21H23FN6O4. The van der Waals surface area contributed by atoms with Crippen molar-refractivity contribution in [2.75, 3.05) is 7.05 Å². The Hall–Kier alpha value is -3.76. The van der Waals surface area contributed by atoms with E-state index in [1.54, 1.807) is 19.2 Å². The van der Waals surface area contributed by atoms with Crippen LogP contribution in [0.3, 0.4) is 0 Å². The highest BCUT2D eigenvalue weighted by atomic mass is 19.1. The molecule has 0 saturated carbocycles. The van der Waals surface area contributed by atoms with Crippen LogP contribution in [-0.2, 0) is 30.2 Å². The molecule has 10 nitrogen and oxygen atoms in total. The Labute approximate surface area is 181 Å². The van der Waals surface area contributed by atoms with E-state index in [1.165, 1.54) is 35.7 Å². The van der Waals surface area contributed by atoms with Gasteiger partial charge in [-0.2, -0.15) is 0 Å². The minimum absolute atomic E-state index is 0.00908.